The van der Waals surface area contributed by atoms with Gasteiger partial charge in [0.05, 0.1) is 0 Å². The third-order valence-electron chi connectivity index (χ3n) is 2.21. The number of phenolic OH excluding ortho intramolecular Hbond substituents is 1. The largest absolute Gasteiger partial charge is 0.508 e. The van der Waals surface area contributed by atoms with Crippen LogP contribution in [-0.4, -0.2) is 20.1 Å². The summed E-state index contributed by atoms with van der Waals surface area (Å²) in [5, 5.41) is 17.1. The minimum absolute atomic E-state index is 0.222. The molecule has 0 saturated heterocycles. The van der Waals surface area contributed by atoms with E-state index in [0.29, 0.717) is 18.1 Å². The molecule has 15 heavy (non-hydrogen) atoms. The first kappa shape index (κ1) is 9.51. The SMILES string of the molecule is CCn1nnc(-c2ccc(O)cc2)c1N. The summed E-state index contributed by atoms with van der Waals surface area (Å²) in [7, 11) is 0. The number of benzene rings is 1. The average molecular weight is 204 g/mol. The van der Waals surface area contributed by atoms with Crippen molar-refractivity contribution >= 4 is 5.82 Å². The van der Waals surface area contributed by atoms with E-state index < -0.39 is 0 Å². The van der Waals surface area contributed by atoms with E-state index in [1.807, 2.05) is 6.92 Å². The highest BCUT2D eigenvalue weighted by molar-refractivity contribution is 5.69. The predicted molar refractivity (Wildman–Crippen MR) is 57.2 cm³/mol. The van der Waals surface area contributed by atoms with Gasteiger partial charge in [-0.3, -0.25) is 0 Å². The zero-order valence-electron chi connectivity index (χ0n) is 8.38. The molecule has 0 aliphatic heterocycles. The van der Waals surface area contributed by atoms with Crippen LogP contribution in [0.25, 0.3) is 11.3 Å². The molecule has 2 rings (SSSR count). The molecule has 5 nitrogen and oxygen atoms in total. The van der Waals surface area contributed by atoms with Gasteiger partial charge in [0.15, 0.2) is 0 Å². The van der Waals surface area contributed by atoms with Crippen molar-refractivity contribution in [1.82, 2.24) is 15.0 Å². The highest BCUT2D eigenvalue weighted by Crippen LogP contribution is 2.24. The lowest BCUT2D eigenvalue weighted by Gasteiger charge is -2.00. The van der Waals surface area contributed by atoms with Crippen LogP contribution >= 0.6 is 0 Å². The van der Waals surface area contributed by atoms with Crippen LogP contribution in [0, 0.1) is 0 Å². The zero-order chi connectivity index (χ0) is 10.8. The zero-order valence-corrected chi connectivity index (χ0v) is 8.38. The molecule has 3 N–H and O–H groups in total. The topological polar surface area (TPSA) is 77.0 Å². The Morgan fingerprint density at radius 1 is 1.33 bits per heavy atom. The second kappa shape index (κ2) is 3.61. The molecule has 0 amide bonds. The molecule has 0 radical (unpaired) electrons. The van der Waals surface area contributed by atoms with Gasteiger partial charge in [0.2, 0.25) is 0 Å². The summed E-state index contributed by atoms with van der Waals surface area (Å²) in [4.78, 5) is 0. The standard InChI is InChI=1S/C10H12N4O/c1-2-14-10(11)9(12-13-14)7-3-5-8(15)6-4-7/h3-6,15H,2,11H2,1H3. The summed E-state index contributed by atoms with van der Waals surface area (Å²) < 4.78 is 1.63. The Kier molecular flexibility index (Phi) is 2.29. The van der Waals surface area contributed by atoms with E-state index in [4.69, 9.17) is 10.8 Å². The fraction of sp³-hybridized carbons (Fsp3) is 0.200. The van der Waals surface area contributed by atoms with Crippen molar-refractivity contribution in [2.24, 2.45) is 0 Å². The molecule has 0 aliphatic carbocycles. The van der Waals surface area contributed by atoms with Gasteiger partial charge in [-0.1, -0.05) is 5.21 Å². The van der Waals surface area contributed by atoms with Crippen LogP contribution in [0.2, 0.25) is 0 Å². The Balaban J connectivity index is 2.45. The number of anilines is 1. The number of nitrogens with two attached hydrogens (primary N) is 1. The Bertz CT molecular complexity index is 461. The monoisotopic (exact) mass is 204 g/mol. The van der Waals surface area contributed by atoms with Gasteiger partial charge < -0.3 is 10.8 Å². The van der Waals surface area contributed by atoms with E-state index in [1.165, 1.54) is 0 Å². The lowest BCUT2D eigenvalue weighted by molar-refractivity contribution is 0.475. The molecular formula is C10H12N4O. The summed E-state index contributed by atoms with van der Waals surface area (Å²) in [6.45, 7) is 2.64. The average Bonchev–Trinajstić information content (AvgIpc) is 2.61. The maximum atomic E-state index is 9.15. The molecule has 0 fully saturated rings. The number of nitrogen functional groups attached to an aromatic ring is 1. The van der Waals surface area contributed by atoms with Crippen molar-refractivity contribution in [3.05, 3.63) is 24.3 Å². The van der Waals surface area contributed by atoms with Gasteiger partial charge in [0.1, 0.15) is 17.3 Å². The minimum Gasteiger partial charge on any atom is -0.508 e. The van der Waals surface area contributed by atoms with E-state index >= 15 is 0 Å². The van der Waals surface area contributed by atoms with Crippen molar-refractivity contribution < 1.29 is 5.11 Å². The van der Waals surface area contributed by atoms with E-state index in [0.717, 1.165) is 5.56 Å². The van der Waals surface area contributed by atoms with E-state index in [-0.39, 0.29) is 5.75 Å². The Morgan fingerprint density at radius 2 is 2.00 bits per heavy atom. The molecule has 1 heterocycles. The molecular weight excluding hydrogens is 192 g/mol. The minimum atomic E-state index is 0.222. The number of hydrogen-bond donors (Lipinski definition) is 2. The van der Waals surface area contributed by atoms with Gasteiger partial charge in [0.25, 0.3) is 0 Å². The van der Waals surface area contributed by atoms with Gasteiger partial charge in [-0.05, 0) is 31.2 Å². The van der Waals surface area contributed by atoms with Crippen molar-refractivity contribution in [1.29, 1.82) is 0 Å². The molecule has 0 bridgehead atoms. The van der Waals surface area contributed by atoms with Gasteiger partial charge >= 0.3 is 0 Å². The fourth-order valence-corrected chi connectivity index (χ4v) is 1.38. The number of rotatable bonds is 2. The summed E-state index contributed by atoms with van der Waals surface area (Å²) in [5.41, 5.74) is 7.36. The molecule has 5 heteroatoms. The third kappa shape index (κ3) is 1.63. The van der Waals surface area contributed by atoms with E-state index in [9.17, 15) is 0 Å². The van der Waals surface area contributed by atoms with Crippen molar-refractivity contribution in [2.75, 3.05) is 5.73 Å². The number of aromatic hydroxyl groups is 1. The molecule has 2 aromatic rings. The Labute approximate surface area is 87.1 Å². The predicted octanol–water partition coefficient (Wildman–Crippen LogP) is 1.25. The molecule has 0 aliphatic rings. The number of aryl methyl sites for hydroxylation is 1. The lowest BCUT2D eigenvalue weighted by Crippen LogP contribution is -2.02. The first-order valence-corrected chi connectivity index (χ1v) is 4.70. The van der Waals surface area contributed by atoms with Crippen molar-refractivity contribution in [2.45, 2.75) is 13.5 Å². The normalized spacial score (nSPS) is 10.5. The van der Waals surface area contributed by atoms with E-state index in [2.05, 4.69) is 10.3 Å². The molecule has 1 aromatic carbocycles. The quantitative estimate of drug-likeness (QED) is 0.771. The summed E-state index contributed by atoms with van der Waals surface area (Å²) in [5.74, 6) is 0.767. The van der Waals surface area contributed by atoms with E-state index in [1.54, 1.807) is 28.9 Å². The number of hydrogen-bond acceptors (Lipinski definition) is 4. The van der Waals surface area contributed by atoms with Crippen LogP contribution in [0.15, 0.2) is 24.3 Å². The van der Waals surface area contributed by atoms with Crippen LogP contribution in [0.4, 0.5) is 5.82 Å². The molecule has 0 unspecified atom stereocenters. The Morgan fingerprint density at radius 3 is 2.53 bits per heavy atom. The van der Waals surface area contributed by atoms with Crippen LogP contribution < -0.4 is 5.73 Å². The summed E-state index contributed by atoms with van der Waals surface area (Å²) in [6, 6.07) is 6.71. The second-order valence-corrected chi connectivity index (χ2v) is 3.19. The first-order valence-electron chi connectivity index (χ1n) is 4.70. The molecule has 78 valence electrons. The molecule has 0 saturated carbocycles. The van der Waals surface area contributed by atoms with Gasteiger partial charge in [-0.2, -0.15) is 0 Å². The van der Waals surface area contributed by atoms with Crippen LogP contribution in [-0.2, 0) is 6.54 Å². The number of phenols is 1. The highest BCUT2D eigenvalue weighted by atomic mass is 16.3. The highest BCUT2D eigenvalue weighted by Gasteiger charge is 2.09. The molecule has 1 aromatic heterocycles. The smallest absolute Gasteiger partial charge is 0.150 e. The second-order valence-electron chi connectivity index (χ2n) is 3.19. The van der Waals surface area contributed by atoms with Gasteiger partial charge in [0, 0.05) is 12.1 Å². The lowest BCUT2D eigenvalue weighted by atomic mass is 10.1. The number of nitrogens with zero attached hydrogens (tertiary/aromatic N) is 3. The number of aromatic nitrogens is 3. The molecule has 0 atom stereocenters. The van der Waals surface area contributed by atoms with Gasteiger partial charge in [-0.15, -0.1) is 5.10 Å². The third-order valence-corrected chi connectivity index (χ3v) is 2.21. The maximum absolute atomic E-state index is 9.15. The van der Waals surface area contributed by atoms with Crippen LogP contribution in [0.5, 0.6) is 5.75 Å². The summed E-state index contributed by atoms with van der Waals surface area (Å²) >= 11 is 0. The van der Waals surface area contributed by atoms with Crippen molar-refractivity contribution in [3.8, 4) is 17.0 Å². The first-order chi connectivity index (χ1) is 7.22. The van der Waals surface area contributed by atoms with Crippen LogP contribution in [0.1, 0.15) is 6.92 Å². The molecule has 0 spiro atoms. The van der Waals surface area contributed by atoms with Crippen LogP contribution in [0.3, 0.4) is 0 Å². The fourth-order valence-electron chi connectivity index (χ4n) is 1.38. The maximum Gasteiger partial charge on any atom is 0.150 e. The van der Waals surface area contributed by atoms with Gasteiger partial charge in [-0.25, -0.2) is 4.68 Å². The summed E-state index contributed by atoms with van der Waals surface area (Å²) in [6.07, 6.45) is 0. The Hall–Kier alpha value is -2.04. The van der Waals surface area contributed by atoms with Crippen molar-refractivity contribution in [3.63, 3.8) is 0 Å².